The van der Waals surface area contributed by atoms with Gasteiger partial charge < -0.3 is 16.4 Å². The monoisotopic (exact) mass is 244 g/mol. The second-order valence-corrected chi connectivity index (χ2v) is 3.93. The van der Waals surface area contributed by atoms with Crippen molar-refractivity contribution >= 4 is 28.1 Å². The van der Waals surface area contributed by atoms with Crippen LogP contribution in [0, 0.1) is 0 Å². The van der Waals surface area contributed by atoms with Gasteiger partial charge >= 0.3 is 0 Å². The summed E-state index contributed by atoms with van der Waals surface area (Å²) in [6, 6.07) is 5.65. The highest BCUT2D eigenvalue weighted by atomic mass is 16.1. The molecule has 2 aromatic rings. The molecule has 0 aliphatic carbocycles. The van der Waals surface area contributed by atoms with Crippen molar-refractivity contribution in [3.8, 4) is 0 Å². The molecular formula is C13H16N4O. The third-order valence-electron chi connectivity index (χ3n) is 2.68. The van der Waals surface area contributed by atoms with E-state index in [2.05, 4.69) is 15.6 Å². The van der Waals surface area contributed by atoms with Gasteiger partial charge in [0.2, 0.25) is 5.91 Å². The Morgan fingerprint density at radius 2 is 2.22 bits per heavy atom. The summed E-state index contributed by atoms with van der Waals surface area (Å²) in [4.78, 5) is 15.4. The van der Waals surface area contributed by atoms with Crippen LogP contribution in [0.25, 0.3) is 10.8 Å². The molecular weight excluding hydrogens is 228 g/mol. The molecule has 1 heterocycles. The van der Waals surface area contributed by atoms with E-state index >= 15 is 0 Å². The molecule has 0 saturated heterocycles. The fourth-order valence-electron chi connectivity index (χ4n) is 1.78. The minimum absolute atomic E-state index is 0.0493. The molecule has 5 heteroatoms. The second-order valence-electron chi connectivity index (χ2n) is 3.93. The first kappa shape index (κ1) is 12.2. The van der Waals surface area contributed by atoms with Gasteiger partial charge in [-0.15, -0.1) is 0 Å². The second kappa shape index (κ2) is 5.35. The number of carbonyl (C=O) groups is 1. The van der Waals surface area contributed by atoms with Crippen LogP contribution in [0.15, 0.2) is 30.6 Å². The number of nitrogen functional groups attached to an aromatic ring is 1. The van der Waals surface area contributed by atoms with Crippen LogP contribution in [0.5, 0.6) is 0 Å². The highest BCUT2D eigenvalue weighted by Crippen LogP contribution is 2.27. The molecule has 18 heavy (non-hydrogen) atoms. The summed E-state index contributed by atoms with van der Waals surface area (Å²) in [5, 5.41) is 7.67. The molecule has 0 spiro atoms. The van der Waals surface area contributed by atoms with Crippen LogP contribution in [-0.4, -0.2) is 24.0 Å². The number of rotatable bonds is 4. The van der Waals surface area contributed by atoms with E-state index in [1.807, 2.05) is 25.1 Å². The van der Waals surface area contributed by atoms with E-state index in [9.17, 15) is 4.79 Å². The average Bonchev–Trinajstić information content (AvgIpc) is 2.39. The largest absolute Gasteiger partial charge is 0.397 e. The average molecular weight is 244 g/mol. The summed E-state index contributed by atoms with van der Waals surface area (Å²) in [6.45, 7) is 2.73. The number of carbonyl (C=O) groups excluding carboxylic acids is 1. The molecule has 94 valence electrons. The van der Waals surface area contributed by atoms with Gasteiger partial charge in [-0.25, -0.2) is 0 Å². The van der Waals surface area contributed by atoms with Crippen LogP contribution >= 0.6 is 0 Å². The maximum atomic E-state index is 11.4. The third-order valence-corrected chi connectivity index (χ3v) is 2.68. The minimum atomic E-state index is -0.0493. The molecule has 5 nitrogen and oxygen atoms in total. The maximum absolute atomic E-state index is 11.4. The number of anilines is 2. The molecule has 0 radical (unpaired) electrons. The zero-order chi connectivity index (χ0) is 13.0. The summed E-state index contributed by atoms with van der Waals surface area (Å²) in [5.74, 6) is -0.0493. The third kappa shape index (κ3) is 2.51. The van der Waals surface area contributed by atoms with Crippen LogP contribution in [0.4, 0.5) is 11.4 Å². The summed E-state index contributed by atoms with van der Waals surface area (Å²) in [7, 11) is 0. The number of benzene rings is 1. The molecule has 0 bridgehead atoms. The summed E-state index contributed by atoms with van der Waals surface area (Å²) in [6.07, 6.45) is 3.46. The number of nitrogens with one attached hydrogen (secondary N) is 2. The van der Waals surface area contributed by atoms with Crippen LogP contribution in [0.2, 0.25) is 0 Å². The Kier molecular flexibility index (Phi) is 3.62. The molecule has 1 aromatic carbocycles. The predicted octanol–water partition coefficient (Wildman–Crippen LogP) is 1.36. The highest BCUT2D eigenvalue weighted by Gasteiger charge is 2.05. The number of hydrogen-bond donors (Lipinski definition) is 3. The molecule has 0 saturated carbocycles. The molecule has 1 aromatic heterocycles. The van der Waals surface area contributed by atoms with Crippen molar-refractivity contribution in [1.29, 1.82) is 0 Å². The number of fused-ring (bicyclic) bond motifs is 1. The fraction of sp³-hybridized carbons (Fsp3) is 0.231. The molecule has 0 atom stereocenters. The smallest absolute Gasteiger partial charge is 0.239 e. The van der Waals surface area contributed by atoms with Gasteiger partial charge in [-0.1, -0.05) is 6.07 Å². The quantitative estimate of drug-likeness (QED) is 0.709. The van der Waals surface area contributed by atoms with E-state index in [-0.39, 0.29) is 12.5 Å². The highest BCUT2D eigenvalue weighted by molar-refractivity contribution is 5.99. The predicted molar refractivity (Wildman–Crippen MR) is 73.3 cm³/mol. The Bertz CT molecular complexity index is 568. The SMILES string of the molecule is CCNC(=O)CNc1ccc2cnccc2c1N. The van der Waals surface area contributed by atoms with E-state index in [1.165, 1.54) is 0 Å². The number of amides is 1. The van der Waals surface area contributed by atoms with Crippen molar-refractivity contribution in [2.24, 2.45) is 0 Å². The molecule has 2 rings (SSSR count). The van der Waals surface area contributed by atoms with Crippen LogP contribution in [0.1, 0.15) is 6.92 Å². The van der Waals surface area contributed by atoms with Crippen LogP contribution < -0.4 is 16.4 Å². The summed E-state index contributed by atoms with van der Waals surface area (Å²) < 4.78 is 0. The number of nitrogens with two attached hydrogens (primary N) is 1. The molecule has 0 aliphatic heterocycles. The lowest BCUT2D eigenvalue weighted by atomic mass is 10.1. The standard InChI is InChI=1S/C13H16N4O/c1-2-16-12(18)8-17-11-4-3-9-7-15-6-5-10(9)13(11)14/h3-7,17H,2,8,14H2,1H3,(H,16,18). The van der Waals surface area contributed by atoms with Crippen LogP contribution in [0.3, 0.4) is 0 Å². The maximum Gasteiger partial charge on any atom is 0.239 e. The molecule has 0 fully saturated rings. The van der Waals surface area contributed by atoms with Gasteiger partial charge in [0.15, 0.2) is 0 Å². The topological polar surface area (TPSA) is 80.0 Å². The van der Waals surface area contributed by atoms with Gasteiger partial charge in [-0.05, 0) is 19.1 Å². The fourth-order valence-corrected chi connectivity index (χ4v) is 1.78. The van der Waals surface area contributed by atoms with Gasteiger partial charge in [0, 0.05) is 29.7 Å². The summed E-state index contributed by atoms with van der Waals surface area (Å²) in [5.41, 5.74) is 7.46. The Hall–Kier alpha value is -2.30. The van der Waals surface area contributed by atoms with Crippen molar-refractivity contribution in [3.05, 3.63) is 30.6 Å². The lowest BCUT2D eigenvalue weighted by molar-refractivity contribution is -0.119. The zero-order valence-electron chi connectivity index (χ0n) is 10.2. The first-order valence-corrected chi connectivity index (χ1v) is 5.85. The normalized spacial score (nSPS) is 10.3. The van der Waals surface area contributed by atoms with Gasteiger partial charge in [-0.3, -0.25) is 9.78 Å². The lowest BCUT2D eigenvalue weighted by Crippen LogP contribution is -2.29. The van der Waals surface area contributed by atoms with E-state index in [4.69, 9.17) is 5.73 Å². The van der Waals surface area contributed by atoms with Crippen molar-refractivity contribution in [2.75, 3.05) is 24.1 Å². The molecule has 4 N–H and O–H groups in total. The Labute approximate surface area is 105 Å². The van der Waals surface area contributed by atoms with E-state index in [0.29, 0.717) is 12.2 Å². The Morgan fingerprint density at radius 3 is 3.00 bits per heavy atom. The van der Waals surface area contributed by atoms with Crippen molar-refractivity contribution in [2.45, 2.75) is 6.92 Å². The van der Waals surface area contributed by atoms with Gasteiger partial charge in [0.25, 0.3) is 0 Å². The van der Waals surface area contributed by atoms with Crippen molar-refractivity contribution < 1.29 is 4.79 Å². The van der Waals surface area contributed by atoms with E-state index in [0.717, 1.165) is 16.5 Å². The van der Waals surface area contributed by atoms with Gasteiger partial charge in [0.1, 0.15) is 0 Å². The zero-order valence-corrected chi connectivity index (χ0v) is 10.2. The number of nitrogens with zero attached hydrogens (tertiary/aromatic N) is 1. The van der Waals surface area contributed by atoms with E-state index in [1.54, 1.807) is 12.4 Å². The molecule has 0 unspecified atom stereocenters. The summed E-state index contributed by atoms with van der Waals surface area (Å²) >= 11 is 0. The number of pyridine rings is 1. The van der Waals surface area contributed by atoms with Gasteiger partial charge in [-0.2, -0.15) is 0 Å². The van der Waals surface area contributed by atoms with Crippen molar-refractivity contribution in [1.82, 2.24) is 10.3 Å². The lowest BCUT2D eigenvalue weighted by Gasteiger charge is -2.11. The number of likely N-dealkylation sites (N-methyl/N-ethyl adjacent to an activating group) is 1. The number of hydrogen-bond acceptors (Lipinski definition) is 4. The molecule has 0 aliphatic rings. The van der Waals surface area contributed by atoms with Crippen LogP contribution in [-0.2, 0) is 4.79 Å². The van der Waals surface area contributed by atoms with Gasteiger partial charge in [0.05, 0.1) is 17.9 Å². The minimum Gasteiger partial charge on any atom is -0.397 e. The Morgan fingerprint density at radius 1 is 1.39 bits per heavy atom. The Balaban J connectivity index is 2.19. The molecule has 1 amide bonds. The van der Waals surface area contributed by atoms with Crippen molar-refractivity contribution in [3.63, 3.8) is 0 Å². The van der Waals surface area contributed by atoms with E-state index < -0.39 is 0 Å². The first-order valence-electron chi connectivity index (χ1n) is 5.85. The number of aromatic nitrogens is 1. The first-order chi connectivity index (χ1) is 8.72.